The lowest BCUT2D eigenvalue weighted by Gasteiger charge is -2.36. The fourth-order valence-corrected chi connectivity index (χ4v) is 4.63. The number of amides is 2. The minimum atomic E-state index is -0.192. The van der Waals surface area contributed by atoms with Crippen molar-refractivity contribution in [3.8, 4) is 5.75 Å². The third-order valence-electron chi connectivity index (χ3n) is 6.26. The van der Waals surface area contributed by atoms with Crippen molar-refractivity contribution in [3.05, 3.63) is 94.7 Å². The van der Waals surface area contributed by atoms with E-state index in [9.17, 15) is 4.79 Å². The van der Waals surface area contributed by atoms with Crippen LogP contribution in [0.2, 0.25) is 0 Å². The monoisotopic (exact) mass is 425 g/mol. The van der Waals surface area contributed by atoms with Crippen molar-refractivity contribution >= 4 is 22.6 Å². The third-order valence-corrected chi connectivity index (χ3v) is 6.26. The molecule has 2 amide bonds. The van der Waals surface area contributed by atoms with Crippen LogP contribution in [0.5, 0.6) is 5.75 Å². The van der Waals surface area contributed by atoms with E-state index < -0.39 is 0 Å². The van der Waals surface area contributed by atoms with Crippen LogP contribution >= 0.6 is 0 Å². The zero-order valence-corrected chi connectivity index (χ0v) is 18.6. The van der Waals surface area contributed by atoms with Crippen LogP contribution in [0.1, 0.15) is 34.0 Å². The van der Waals surface area contributed by atoms with Gasteiger partial charge in [-0.2, -0.15) is 0 Å². The number of nitrogens with one attached hydrogen (secondary N) is 2. The SMILES string of the molecule is COc1ccc2[nH]c3c(c2c1)CCN(C(=O)Nc1cccc(C)c1)C3c1ccc(C)cc1. The van der Waals surface area contributed by atoms with E-state index in [0.29, 0.717) is 6.54 Å². The molecular weight excluding hydrogens is 398 g/mol. The van der Waals surface area contributed by atoms with Gasteiger partial charge in [0.15, 0.2) is 0 Å². The lowest BCUT2D eigenvalue weighted by molar-refractivity contribution is 0.193. The first-order valence-electron chi connectivity index (χ1n) is 10.9. The summed E-state index contributed by atoms with van der Waals surface area (Å²) < 4.78 is 5.45. The molecule has 0 saturated heterocycles. The van der Waals surface area contributed by atoms with Crippen LogP contribution in [0.4, 0.5) is 10.5 Å². The zero-order chi connectivity index (χ0) is 22.2. The number of methoxy groups -OCH3 is 1. The molecule has 2 heterocycles. The number of hydrogen-bond acceptors (Lipinski definition) is 2. The first kappa shape index (κ1) is 20.2. The van der Waals surface area contributed by atoms with Crippen molar-refractivity contribution in [3.63, 3.8) is 0 Å². The van der Waals surface area contributed by atoms with E-state index in [4.69, 9.17) is 4.74 Å². The van der Waals surface area contributed by atoms with Gasteiger partial charge in [-0.25, -0.2) is 4.79 Å². The highest BCUT2D eigenvalue weighted by atomic mass is 16.5. The van der Waals surface area contributed by atoms with E-state index in [1.54, 1.807) is 7.11 Å². The van der Waals surface area contributed by atoms with Crippen molar-refractivity contribution in [1.29, 1.82) is 0 Å². The summed E-state index contributed by atoms with van der Waals surface area (Å²) in [6.07, 6.45) is 0.784. The van der Waals surface area contributed by atoms with E-state index in [1.807, 2.05) is 42.2 Å². The summed E-state index contributed by atoms with van der Waals surface area (Å²) in [6, 6.07) is 22.2. The molecule has 1 unspecified atom stereocenters. The van der Waals surface area contributed by atoms with Crippen LogP contribution in [0.15, 0.2) is 66.7 Å². The maximum atomic E-state index is 13.4. The van der Waals surface area contributed by atoms with E-state index in [0.717, 1.165) is 45.6 Å². The summed E-state index contributed by atoms with van der Waals surface area (Å²) in [4.78, 5) is 19.0. The van der Waals surface area contributed by atoms with Crippen LogP contribution < -0.4 is 10.1 Å². The van der Waals surface area contributed by atoms with E-state index in [2.05, 4.69) is 53.6 Å². The first-order chi connectivity index (χ1) is 15.5. The number of aryl methyl sites for hydroxylation is 2. The normalized spacial score (nSPS) is 15.5. The first-order valence-corrected chi connectivity index (χ1v) is 10.9. The number of hydrogen-bond donors (Lipinski definition) is 2. The molecule has 1 aliphatic rings. The number of aromatic amines is 1. The molecule has 1 aliphatic heterocycles. The smallest absolute Gasteiger partial charge is 0.322 e. The number of carbonyl (C=O) groups excluding carboxylic acids is 1. The van der Waals surface area contributed by atoms with Gasteiger partial charge in [-0.1, -0.05) is 42.0 Å². The Bertz CT molecular complexity index is 1290. The molecule has 0 aliphatic carbocycles. The Morgan fingerprint density at radius 3 is 2.59 bits per heavy atom. The molecule has 162 valence electrons. The summed E-state index contributed by atoms with van der Waals surface area (Å²) in [6.45, 7) is 4.73. The van der Waals surface area contributed by atoms with E-state index in [-0.39, 0.29) is 12.1 Å². The summed E-state index contributed by atoms with van der Waals surface area (Å²) in [5, 5.41) is 4.26. The summed E-state index contributed by atoms with van der Waals surface area (Å²) >= 11 is 0. The highest BCUT2D eigenvalue weighted by molar-refractivity contribution is 5.92. The summed E-state index contributed by atoms with van der Waals surface area (Å²) in [7, 11) is 1.69. The van der Waals surface area contributed by atoms with E-state index in [1.165, 1.54) is 11.1 Å². The molecule has 5 nitrogen and oxygen atoms in total. The Morgan fingerprint density at radius 2 is 1.84 bits per heavy atom. The highest BCUT2D eigenvalue weighted by Crippen LogP contribution is 2.39. The number of anilines is 1. The Hall–Kier alpha value is -3.73. The standard InChI is InChI=1S/C27H27N3O2/c1-17-7-9-19(10-8-17)26-25-22(23-16-21(32-3)11-12-24(23)29-25)13-14-30(26)27(31)28-20-6-4-5-18(2)15-20/h4-12,15-16,26,29H,13-14H2,1-3H3,(H,28,31). The van der Waals surface area contributed by atoms with Crippen molar-refractivity contribution in [2.45, 2.75) is 26.3 Å². The average Bonchev–Trinajstić information content (AvgIpc) is 3.17. The molecule has 2 N–H and O–H groups in total. The lowest BCUT2D eigenvalue weighted by Crippen LogP contribution is -2.43. The molecule has 0 saturated carbocycles. The minimum Gasteiger partial charge on any atom is -0.497 e. The fourth-order valence-electron chi connectivity index (χ4n) is 4.63. The molecule has 32 heavy (non-hydrogen) atoms. The second-order valence-electron chi connectivity index (χ2n) is 8.48. The minimum absolute atomic E-state index is 0.0944. The predicted molar refractivity (Wildman–Crippen MR) is 128 cm³/mol. The van der Waals surface area contributed by atoms with Crippen LogP contribution in [0.25, 0.3) is 10.9 Å². The molecular formula is C27H27N3O2. The Morgan fingerprint density at radius 1 is 1.03 bits per heavy atom. The van der Waals surface area contributed by atoms with E-state index >= 15 is 0 Å². The van der Waals surface area contributed by atoms with Gasteiger partial charge >= 0.3 is 6.03 Å². The van der Waals surface area contributed by atoms with Gasteiger partial charge in [-0.15, -0.1) is 0 Å². The molecule has 5 heteroatoms. The Labute approximate surface area is 188 Å². The highest BCUT2D eigenvalue weighted by Gasteiger charge is 2.34. The maximum absolute atomic E-state index is 13.4. The number of rotatable bonds is 3. The zero-order valence-electron chi connectivity index (χ0n) is 18.6. The molecule has 0 radical (unpaired) electrons. The number of ether oxygens (including phenoxy) is 1. The van der Waals surface area contributed by atoms with Gasteiger partial charge in [0.25, 0.3) is 0 Å². The Balaban J connectivity index is 1.58. The lowest BCUT2D eigenvalue weighted by atomic mass is 9.92. The van der Waals surface area contributed by atoms with Crippen LogP contribution in [-0.2, 0) is 6.42 Å². The molecule has 0 fully saturated rings. The van der Waals surface area contributed by atoms with Gasteiger partial charge in [-0.05, 0) is 67.3 Å². The number of carbonyl (C=O) groups is 1. The van der Waals surface area contributed by atoms with Gasteiger partial charge in [0.05, 0.1) is 13.2 Å². The number of benzene rings is 3. The molecule has 0 spiro atoms. The number of aromatic nitrogens is 1. The second-order valence-corrected chi connectivity index (χ2v) is 8.48. The Kier molecular flexibility index (Phi) is 5.10. The topological polar surface area (TPSA) is 57.4 Å². The van der Waals surface area contributed by atoms with Gasteiger partial charge in [0.2, 0.25) is 0 Å². The summed E-state index contributed by atoms with van der Waals surface area (Å²) in [5.74, 6) is 0.839. The van der Waals surface area contributed by atoms with Crippen LogP contribution in [0, 0.1) is 13.8 Å². The predicted octanol–water partition coefficient (Wildman–Crippen LogP) is 5.97. The number of H-pyrrole nitrogens is 1. The van der Waals surface area contributed by atoms with Crippen molar-refractivity contribution in [2.75, 3.05) is 19.0 Å². The third kappa shape index (κ3) is 3.60. The molecule has 1 atom stereocenters. The molecule has 0 bridgehead atoms. The molecule has 3 aromatic carbocycles. The van der Waals surface area contributed by atoms with Crippen molar-refractivity contribution in [1.82, 2.24) is 9.88 Å². The molecule has 1 aromatic heterocycles. The summed E-state index contributed by atoms with van der Waals surface area (Å²) in [5.41, 5.74) is 7.60. The van der Waals surface area contributed by atoms with Crippen molar-refractivity contribution in [2.24, 2.45) is 0 Å². The maximum Gasteiger partial charge on any atom is 0.322 e. The average molecular weight is 426 g/mol. The van der Waals surface area contributed by atoms with Crippen LogP contribution in [0.3, 0.4) is 0 Å². The van der Waals surface area contributed by atoms with Gasteiger partial charge in [0.1, 0.15) is 5.75 Å². The number of fused-ring (bicyclic) bond motifs is 3. The number of urea groups is 1. The van der Waals surface area contributed by atoms with Crippen molar-refractivity contribution < 1.29 is 9.53 Å². The van der Waals surface area contributed by atoms with Gasteiger partial charge in [0, 0.05) is 28.8 Å². The van der Waals surface area contributed by atoms with Gasteiger partial charge < -0.3 is 19.9 Å². The fraction of sp³-hybridized carbons (Fsp3) is 0.222. The van der Waals surface area contributed by atoms with Crippen LogP contribution in [-0.4, -0.2) is 29.6 Å². The van der Waals surface area contributed by atoms with Gasteiger partial charge in [-0.3, -0.25) is 0 Å². The quantitative estimate of drug-likeness (QED) is 0.425. The largest absolute Gasteiger partial charge is 0.497 e. The number of nitrogens with zero attached hydrogens (tertiary/aromatic N) is 1. The molecule has 4 aromatic rings. The second kappa shape index (κ2) is 8.08. The molecule has 5 rings (SSSR count).